The van der Waals surface area contributed by atoms with Crippen LogP contribution in [0, 0.1) is 0 Å². The third-order valence-corrected chi connectivity index (χ3v) is 11.7. The monoisotopic (exact) mass is 738 g/mol. The van der Waals surface area contributed by atoms with Crippen LogP contribution in [0.5, 0.6) is 0 Å². The van der Waals surface area contributed by atoms with Crippen molar-refractivity contribution in [2.24, 2.45) is 0 Å². The highest BCUT2D eigenvalue weighted by molar-refractivity contribution is 6.31. The Balaban J connectivity index is 1.21. The summed E-state index contributed by atoms with van der Waals surface area (Å²) >= 11 is 0. The number of rotatable bonds is 5. The maximum absolute atomic E-state index is 5.44. The first-order valence-electron chi connectivity index (χ1n) is 19.8. The zero-order chi connectivity index (χ0) is 38.2. The molecular formula is C54H34N4. The molecular weight excluding hydrogens is 705 g/mol. The van der Waals surface area contributed by atoms with Gasteiger partial charge in [-0.2, -0.15) is 0 Å². The van der Waals surface area contributed by atoms with Gasteiger partial charge in [0.05, 0.1) is 33.3 Å². The molecule has 0 fully saturated rings. The van der Waals surface area contributed by atoms with Gasteiger partial charge in [-0.05, 0) is 70.1 Å². The molecule has 270 valence electrons. The molecule has 0 saturated carbocycles. The fraction of sp³-hybridized carbons (Fsp3) is 0. The van der Waals surface area contributed by atoms with Crippen LogP contribution in [0.4, 0.5) is 0 Å². The average Bonchev–Trinajstić information content (AvgIpc) is 3.83. The van der Waals surface area contributed by atoms with Crippen molar-refractivity contribution in [2.75, 3.05) is 0 Å². The second kappa shape index (κ2) is 12.9. The smallest absolute Gasteiger partial charge is 0.235 e. The normalized spacial score (nSPS) is 11.8. The minimum Gasteiger partial charge on any atom is -0.309 e. The number of nitrogens with zero attached hydrogens (tertiary/aromatic N) is 4. The first-order chi connectivity index (χ1) is 28.8. The Kier molecular flexibility index (Phi) is 7.20. The fourth-order valence-electron chi connectivity index (χ4n) is 9.13. The lowest BCUT2D eigenvalue weighted by molar-refractivity contribution is 1.02. The molecule has 0 aliphatic rings. The van der Waals surface area contributed by atoms with E-state index in [0.717, 1.165) is 55.3 Å². The molecule has 0 unspecified atom stereocenters. The van der Waals surface area contributed by atoms with Crippen molar-refractivity contribution in [1.82, 2.24) is 19.1 Å². The van der Waals surface area contributed by atoms with Crippen molar-refractivity contribution in [1.29, 1.82) is 0 Å². The molecule has 58 heavy (non-hydrogen) atoms. The number of para-hydroxylation sites is 2. The van der Waals surface area contributed by atoms with Gasteiger partial charge in [0.1, 0.15) is 0 Å². The molecule has 4 nitrogen and oxygen atoms in total. The van der Waals surface area contributed by atoms with E-state index in [1.165, 1.54) is 49.2 Å². The molecule has 12 rings (SSSR count). The number of hydrogen-bond acceptors (Lipinski definition) is 2. The molecule has 0 aliphatic carbocycles. The van der Waals surface area contributed by atoms with Gasteiger partial charge in [0.15, 0.2) is 0 Å². The highest BCUT2D eigenvalue weighted by Crippen LogP contribution is 2.45. The summed E-state index contributed by atoms with van der Waals surface area (Å²) in [4.78, 5) is 10.8. The highest BCUT2D eigenvalue weighted by atomic mass is 15.2. The molecule has 0 N–H and O–H groups in total. The summed E-state index contributed by atoms with van der Waals surface area (Å²) in [6.45, 7) is 0. The predicted octanol–water partition coefficient (Wildman–Crippen LogP) is 14.0. The van der Waals surface area contributed by atoms with Crippen molar-refractivity contribution in [3.05, 3.63) is 206 Å². The van der Waals surface area contributed by atoms with Crippen molar-refractivity contribution < 1.29 is 0 Å². The van der Waals surface area contributed by atoms with E-state index in [-0.39, 0.29) is 0 Å². The Labute approximate surface area is 334 Å². The van der Waals surface area contributed by atoms with Gasteiger partial charge in [0.25, 0.3) is 0 Å². The van der Waals surface area contributed by atoms with Crippen LogP contribution in [0.25, 0.3) is 110 Å². The van der Waals surface area contributed by atoms with Gasteiger partial charge in [-0.1, -0.05) is 164 Å². The fourth-order valence-corrected chi connectivity index (χ4v) is 9.13. The second-order valence-corrected chi connectivity index (χ2v) is 15.0. The summed E-state index contributed by atoms with van der Waals surface area (Å²) in [7, 11) is 0. The first kappa shape index (κ1) is 32.4. The van der Waals surface area contributed by atoms with Crippen LogP contribution < -0.4 is 0 Å². The average molecular weight is 739 g/mol. The van der Waals surface area contributed by atoms with Gasteiger partial charge in [-0.15, -0.1) is 0 Å². The van der Waals surface area contributed by atoms with Gasteiger partial charge >= 0.3 is 0 Å². The Morgan fingerprint density at radius 3 is 1.59 bits per heavy atom. The molecule has 0 aliphatic heterocycles. The largest absolute Gasteiger partial charge is 0.309 e. The van der Waals surface area contributed by atoms with Gasteiger partial charge in [-0.25, -0.2) is 9.97 Å². The van der Waals surface area contributed by atoms with E-state index >= 15 is 0 Å². The van der Waals surface area contributed by atoms with Crippen LogP contribution in [0.1, 0.15) is 0 Å². The highest BCUT2D eigenvalue weighted by Gasteiger charge is 2.24. The number of aromatic nitrogens is 4. The van der Waals surface area contributed by atoms with Gasteiger partial charge in [0, 0.05) is 43.6 Å². The summed E-state index contributed by atoms with van der Waals surface area (Å²) in [5.74, 6) is 0.653. The minimum atomic E-state index is 0.653. The van der Waals surface area contributed by atoms with Crippen molar-refractivity contribution >= 4 is 65.3 Å². The lowest BCUT2D eigenvalue weighted by atomic mass is 9.98. The molecule has 0 radical (unpaired) electrons. The van der Waals surface area contributed by atoms with Crippen molar-refractivity contribution in [3.8, 4) is 45.1 Å². The molecule has 0 bridgehead atoms. The van der Waals surface area contributed by atoms with E-state index in [1.54, 1.807) is 0 Å². The number of benzene rings is 9. The van der Waals surface area contributed by atoms with E-state index < -0.39 is 0 Å². The summed E-state index contributed by atoms with van der Waals surface area (Å²) in [6, 6.07) is 73.8. The third kappa shape index (κ3) is 4.95. The zero-order valence-electron chi connectivity index (χ0n) is 31.4. The van der Waals surface area contributed by atoms with Crippen LogP contribution >= 0.6 is 0 Å². The van der Waals surface area contributed by atoms with Crippen LogP contribution in [0.3, 0.4) is 0 Å². The van der Waals surface area contributed by atoms with E-state index in [1.807, 2.05) is 0 Å². The molecule has 3 heterocycles. The summed E-state index contributed by atoms with van der Waals surface area (Å²) in [5, 5.41) is 8.13. The van der Waals surface area contributed by atoms with Crippen LogP contribution in [0.2, 0.25) is 0 Å². The third-order valence-electron chi connectivity index (χ3n) is 11.7. The quantitative estimate of drug-likeness (QED) is 0.176. The van der Waals surface area contributed by atoms with Gasteiger partial charge in [0.2, 0.25) is 5.95 Å². The van der Waals surface area contributed by atoms with Gasteiger partial charge in [-0.3, -0.25) is 4.57 Å². The predicted molar refractivity (Wildman–Crippen MR) is 242 cm³/mol. The molecule has 0 atom stereocenters. The topological polar surface area (TPSA) is 35.6 Å². The van der Waals surface area contributed by atoms with Crippen LogP contribution in [-0.2, 0) is 0 Å². The number of fused-ring (bicyclic) bond motifs is 10. The maximum atomic E-state index is 5.44. The second-order valence-electron chi connectivity index (χ2n) is 15.0. The van der Waals surface area contributed by atoms with Crippen LogP contribution in [-0.4, -0.2) is 19.1 Å². The first-order valence-corrected chi connectivity index (χ1v) is 19.8. The maximum Gasteiger partial charge on any atom is 0.235 e. The van der Waals surface area contributed by atoms with E-state index in [2.05, 4.69) is 215 Å². The van der Waals surface area contributed by atoms with Crippen molar-refractivity contribution in [2.45, 2.75) is 0 Å². The lowest BCUT2D eigenvalue weighted by Crippen LogP contribution is -2.03. The van der Waals surface area contributed by atoms with Gasteiger partial charge < -0.3 is 4.57 Å². The summed E-state index contributed by atoms with van der Waals surface area (Å²) in [5.41, 5.74) is 13.2. The molecule has 4 heteroatoms. The Bertz CT molecular complexity index is 3490. The summed E-state index contributed by atoms with van der Waals surface area (Å²) in [6.07, 6.45) is 0. The molecule has 0 amide bonds. The van der Waals surface area contributed by atoms with Crippen LogP contribution in [0.15, 0.2) is 206 Å². The Morgan fingerprint density at radius 1 is 0.328 bits per heavy atom. The lowest BCUT2D eigenvalue weighted by Gasteiger charge is -2.14. The molecule has 3 aromatic heterocycles. The van der Waals surface area contributed by atoms with E-state index in [9.17, 15) is 0 Å². The Morgan fingerprint density at radius 2 is 0.879 bits per heavy atom. The van der Waals surface area contributed by atoms with E-state index in [0.29, 0.717) is 5.95 Å². The SMILES string of the molecule is c1ccc(-c2cc(-c3ccccc3)cc(-n3c4ccccc4c4c5c6ccc7ccccc7c6n(-c6nc(-c7ccccc7)c7ccccc7n6)c5ccc43)c2)cc1. The molecule has 0 spiro atoms. The molecule has 9 aromatic carbocycles. The minimum absolute atomic E-state index is 0.653. The molecule has 12 aromatic rings. The van der Waals surface area contributed by atoms with E-state index in [4.69, 9.17) is 9.97 Å². The summed E-state index contributed by atoms with van der Waals surface area (Å²) < 4.78 is 4.76. The number of hydrogen-bond donors (Lipinski definition) is 0. The standard InChI is InChI=1S/C54H34N4/c1-4-16-35(17-5-1)39-32-40(36-18-6-2-7-19-36)34-41(33-39)57-47-27-15-13-25-44(47)50-48(57)30-31-49-51(50)45-29-28-37-20-10-11-23-42(37)53(45)58(49)54-55-46-26-14-12-24-43(46)52(56-54)38-21-8-3-9-22-38/h1-34H. The molecule has 0 saturated heterocycles. The zero-order valence-corrected chi connectivity index (χ0v) is 31.4. The van der Waals surface area contributed by atoms with Crippen molar-refractivity contribution in [3.63, 3.8) is 0 Å². The Hall–Kier alpha value is -7.82.